The van der Waals surface area contributed by atoms with E-state index >= 15 is 0 Å². The number of amides is 2. The second kappa shape index (κ2) is 8.18. The highest BCUT2D eigenvalue weighted by Crippen LogP contribution is 2.19. The van der Waals surface area contributed by atoms with E-state index in [1.54, 1.807) is 6.07 Å². The van der Waals surface area contributed by atoms with Crippen molar-refractivity contribution in [3.05, 3.63) is 23.9 Å². The Labute approximate surface area is 137 Å². The van der Waals surface area contributed by atoms with Crippen molar-refractivity contribution in [3.63, 3.8) is 0 Å². The summed E-state index contributed by atoms with van der Waals surface area (Å²) in [6.45, 7) is -1.31. The fourth-order valence-corrected chi connectivity index (χ4v) is 2.48. The molecule has 0 radical (unpaired) electrons. The topological polar surface area (TPSA) is 83.5 Å². The molecule has 2 amide bonds. The van der Waals surface area contributed by atoms with Crippen molar-refractivity contribution in [1.82, 2.24) is 15.6 Å². The molecule has 24 heavy (non-hydrogen) atoms. The van der Waals surface area contributed by atoms with Gasteiger partial charge in [-0.3, -0.25) is 0 Å². The molecule has 2 atom stereocenters. The van der Waals surface area contributed by atoms with Crippen LogP contribution in [-0.4, -0.2) is 41.1 Å². The van der Waals surface area contributed by atoms with Crippen LogP contribution in [0.5, 0.6) is 5.88 Å². The standard InChI is InChI=1S/C15H20F3N3O3/c16-15(17,18)9-24-13-7-10(5-6-19-13)8-20-14(23)21-11-3-1-2-4-12(11)22/h5-7,11-12,22H,1-4,8-9H2,(H2,20,21,23)/t11-,12+/m1/s1. The second-order valence-corrected chi connectivity index (χ2v) is 5.69. The fourth-order valence-electron chi connectivity index (χ4n) is 2.48. The van der Waals surface area contributed by atoms with Crippen molar-refractivity contribution >= 4 is 6.03 Å². The monoisotopic (exact) mass is 347 g/mol. The molecule has 0 bridgehead atoms. The molecule has 0 aromatic carbocycles. The molecule has 1 aliphatic rings. The summed E-state index contributed by atoms with van der Waals surface area (Å²) in [6.07, 6.45) is -0.394. The van der Waals surface area contributed by atoms with Crippen molar-refractivity contribution in [2.45, 2.75) is 50.6 Å². The maximum Gasteiger partial charge on any atom is 0.422 e. The zero-order chi connectivity index (χ0) is 17.6. The van der Waals surface area contributed by atoms with E-state index in [0.29, 0.717) is 12.0 Å². The number of carbonyl (C=O) groups excluding carboxylic acids is 1. The SMILES string of the molecule is O=C(NCc1ccnc(OCC(F)(F)F)c1)N[C@@H]1CCCC[C@@H]1O. The first kappa shape index (κ1) is 18.3. The average Bonchev–Trinajstić information content (AvgIpc) is 2.53. The van der Waals surface area contributed by atoms with Gasteiger partial charge in [0.2, 0.25) is 5.88 Å². The van der Waals surface area contributed by atoms with Crippen LogP contribution in [0.25, 0.3) is 0 Å². The van der Waals surface area contributed by atoms with E-state index in [1.165, 1.54) is 12.3 Å². The average molecular weight is 347 g/mol. The van der Waals surface area contributed by atoms with Crippen LogP contribution < -0.4 is 15.4 Å². The molecule has 1 heterocycles. The molecule has 0 aliphatic heterocycles. The van der Waals surface area contributed by atoms with Crippen molar-refractivity contribution < 1.29 is 27.8 Å². The minimum absolute atomic E-state index is 0.111. The number of carbonyl (C=O) groups is 1. The number of aliphatic hydroxyl groups is 1. The van der Waals surface area contributed by atoms with E-state index in [-0.39, 0.29) is 18.5 Å². The lowest BCUT2D eigenvalue weighted by Crippen LogP contribution is -2.48. The third kappa shape index (κ3) is 6.23. The van der Waals surface area contributed by atoms with Gasteiger partial charge in [0.05, 0.1) is 12.1 Å². The third-order valence-corrected chi connectivity index (χ3v) is 3.68. The Bertz CT molecular complexity index is 554. The lowest BCUT2D eigenvalue weighted by molar-refractivity contribution is -0.154. The molecule has 0 saturated heterocycles. The number of urea groups is 1. The summed E-state index contributed by atoms with van der Waals surface area (Å²) in [5.41, 5.74) is 0.557. The van der Waals surface area contributed by atoms with E-state index in [0.717, 1.165) is 19.3 Å². The number of rotatable bonds is 5. The number of nitrogens with one attached hydrogen (secondary N) is 2. The van der Waals surface area contributed by atoms with E-state index in [1.807, 2.05) is 0 Å². The van der Waals surface area contributed by atoms with Gasteiger partial charge in [-0.05, 0) is 24.5 Å². The molecule has 0 spiro atoms. The third-order valence-electron chi connectivity index (χ3n) is 3.68. The number of pyridine rings is 1. The number of alkyl halides is 3. The number of aliphatic hydroxyl groups excluding tert-OH is 1. The van der Waals surface area contributed by atoms with Crippen LogP contribution in [0.2, 0.25) is 0 Å². The van der Waals surface area contributed by atoms with Gasteiger partial charge in [-0.25, -0.2) is 9.78 Å². The van der Waals surface area contributed by atoms with Crippen molar-refractivity contribution in [1.29, 1.82) is 0 Å². The van der Waals surface area contributed by atoms with Crippen molar-refractivity contribution in [2.75, 3.05) is 6.61 Å². The quantitative estimate of drug-likeness (QED) is 0.762. The summed E-state index contributed by atoms with van der Waals surface area (Å²) in [5, 5.41) is 15.1. The molecule has 1 fully saturated rings. The zero-order valence-electron chi connectivity index (χ0n) is 13.0. The molecule has 1 aliphatic carbocycles. The van der Waals surface area contributed by atoms with Crippen LogP contribution >= 0.6 is 0 Å². The molecule has 6 nitrogen and oxygen atoms in total. The number of halogens is 3. The normalized spacial score (nSPS) is 21.2. The predicted octanol–water partition coefficient (Wildman–Crippen LogP) is 2.13. The molecular weight excluding hydrogens is 327 g/mol. The number of hydrogen-bond donors (Lipinski definition) is 3. The summed E-state index contributed by atoms with van der Waals surface area (Å²) in [4.78, 5) is 15.5. The smallest absolute Gasteiger partial charge is 0.422 e. The molecule has 0 unspecified atom stereocenters. The molecule has 134 valence electrons. The summed E-state index contributed by atoms with van der Waals surface area (Å²) in [6, 6.07) is 2.19. The minimum Gasteiger partial charge on any atom is -0.468 e. The Morgan fingerprint density at radius 3 is 2.83 bits per heavy atom. The van der Waals surface area contributed by atoms with Crippen LogP contribution in [-0.2, 0) is 6.54 Å². The lowest BCUT2D eigenvalue weighted by Gasteiger charge is -2.28. The van der Waals surface area contributed by atoms with E-state index < -0.39 is 24.9 Å². The van der Waals surface area contributed by atoms with E-state index in [4.69, 9.17) is 0 Å². The van der Waals surface area contributed by atoms with E-state index in [2.05, 4.69) is 20.4 Å². The highest BCUT2D eigenvalue weighted by molar-refractivity contribution is 5.74. The molecule has 3 N–H and O–H groups in total. The molecule has 2 rings (SSSR count). The Morgan fingerprint density at radius 1 is 1.38 bits per heavy atom. The summed E-state index contributed by atoms with van der Waals surface area (Å²) in [7, 11) is 0. The number of ether oxygens (including phenoxy) is 1. The van der Waals surface area contributed by atoms with Gasteiger partial charge in [0.15, 0.2) is 6.61 Å². The second-order valence-electron chi connectivity index (χ2n) is 5.69. The van der Waals surface area contributed by atoms with Gasteiger partial charge in [-0.15, -0.1) is 0 Å². The Hall–Kier alpha value is -2.03. The van der Waals surface area contributed by atoms with Crippen molar-refractivity contribution in [3.8, 4) is 5.88 Å². The maximum atomic E-state index is 12.1. The lowest BCUT2D eigenvalue weighted by atomic mass is 9.93. The Kier molecular flexibility index (Phi) is 6.24. The minimum atomic E-state index is -4.43. The summed E-state index contributed by atoms with van der Waals surface area (Å²) >= 11 is 0. The summed E-state index contributed by atoms with van der Waals surface area (Å²) < 4.78 is 40.9. The van der Waals surface area contributed by atoms with Gasteiger partial charge in [-0.2, -0.15) is 13.2 Å². The number of nitrogens with zero attached hydrogens (tertiary/aromatic N) is 1. The van der Waals surface area contributed by atoms with Crippen molar-refractivity contribution in [2.24, 2.45) is 0 Å². The van der Waals surface area contributed by atoms with Gasteiger partial charge in [0, 0.05) is 18.8 Å². The van der Waals surface area contributed by atoms with Gasteiger partial charge in [0.1, 0.15) is 0 Å². The Balaban J connectivity index is 1.79. The van der Waals surface area contributed by atoms with Crippen LogP contribution in [0.15, 0.2) is 18.3 Å². The highest BCUT2D eigenvalue weighted by Gasteiger charge is 2.28. The number of aromatic nitrogens is 1. The van der Waals surface area contributed by atoms with Crippen LogP contribution in [0, 0.1) is 0 Å². The molecule has 1 saturated carbocycles. The molecular formula is C15H20F3N3O3. The largest absolute Gasteiger partial charge is 0.468 e. The Morgan fingerprint density at radius 2 is 2.12 bits per heavy atom. The van der Waals surface area contributed by atoms with Gasteiger partial charge < -0.3 is 20.5 Å². The number of hydrogen-bond acceptors (Lipinski definition) is 4. The molecule has 9 heteroatoms. The highest BCUT2D eigenvalue weighted by atomic mass is 19.4. The fraction of sp³-hybridized carbons (Fsp3) is 0.600. The molecule has 1 aromatic rings. The first-order chi connectivity index (χ1) is 11.3. The molecule has 1 aromatic heterocycles. The van der Waals surface area contributed by atoms with Crippen LogP contribution in [0.1, 0.15) is 31.2 Å². The van der Waals surface area contributed by atoms with Crippen LogP contribution in [0.4, 0.5) is 18.0 Å². The van der Waals surface area contributed by atoms with E-state index in [9.17, 15) is 23.1 Å². The van der Waals surface area contributed by atoms with Gasteiger partial charge in [0.25, 0.3) is 0 Å². The predicted molar refractivity (Wildman–Crippen MR) is 79.4 cm³/mol. The zero-order valence-corrected chi connectivity index (χ0v) is 13.0. The van der Waals surface area contributed by atoms with Crippen LogP contribution in [0.3, 0.4) is 0 Å². The summed E-state index contributed by atoms with van der Waals surface area (Å²) in [5.74, 6) is -0.158. The van der Waals surface area contributed by atoms with Gasteiger partial charge in [-0.1, -0.05) is 12.8 Å². The first-order valence-electron chi connectivity index (χ1n) is 7.70. The van der Waals surface area contributed by atoms with Gasteiger partial charge >= 0.3 is 12.2 Å². The first-order valence-corrected chi connectivity index (χ1v) is 7.70. The maximum absolute atomic E-state index is 12.1.